The Morgan fingerprint density at radius 3 is 2.82 bits per heavy atom. The summed E-state index contributed by atoms with van der Waals surface area (Å²) in [5, 5.41) is -0.0311. The Kier molecular flexibility index (Phi) is 2.62. The van der Waals surface area contributed by atoms with Crippen LogP contribution < -0.4 is 0 Å². The lowest BCUT2D eigenvalue weighted by molar-refractivity contribution is 0.582. The van der Waals surface area contributed by atoms with Gasteiger partial charge in [0.1, 0.15) is 5.82 Å². The molecule has 17 heavy (non-hydrogen) atoms. The van der Waals surface area contributed by atoms with Crippen molar-refractivity contribution in [3.63, 3.8) is 0 Å². The number of hydrogen-bond acceptors (Lipinski definition) is 1. The monoisotopic (exact) mass is 248 g/mol. The molecule has 3 heteroatoms. The van der Waals surface area contributed by atoms with Gasteiger partial charge >= 0.3 is 0 Å². The van der Waals surface area contributed by atoms with E-state index in [1.807, 2.05) is 13.0 Å². The van der Waals surface area contributed by atoms with Crippen molar-refractivity contribution >= 4 is 22.6 Å². The molecule has 2 nitrogen and oxygen atoms in total. The third kappa shape index (κ3) is 1.95. The predicted octanol–water partition coefficient (Wildman–Crippen LogP) is 3.99. The Labute approximate surface area is 107 Å². The van der Waals surface area contributed by atoms with Gasteiger partial charge in [0.15, 0.2) is 0 Å². The zero-order chi connectivity index (χ0) is 12.0. The van der Waals surface area contributed by atoms with E-state index in [1.165, 1.54) is 11.9 Å². The van der Waals surface area contributed by atoms with Gasteiger partial charge in [-0.25, -0.2) is 4.98 Å². The summed E-state index contributed by atoms with van der Waals surface area (Å²) in [6.07, 6.45) is 1.34. The van der Waals surface area contributed by atoms with Crippen molar-refractivity contribution in [3.8, 4) is 0 Å². The summed E-state index contributed by atoms with van der Waals surface area (Å²) in [6, 6.07) is 8.30. The van der Waals surface area contributed by atoms with Crippen molar-refractivity contribution in [1.29, 1.82) is 0 Å². The van der Waals surface area contributed by atoms with E-state index in [1.54, 1.807) is 0 Å². The van der Waals surface area contributed by atoms with Gasteiger partial charge in [-0.05, 0) is 37.3 Å². The molecule has 3 rings (SSSR count). The fraction of sp³-hybridized carbons (Fsp3) is 0.500. The molecular formula is C14H17ClN2. The highest BCUT2D eigenvalue weighted by Crippen LogP contribution is 2.40. The molecule has 3 atom stereocenters. The lowest BCUT2D eigenvalue weighted by atomic mass is 10.3. The zero-order valence-corrected chi connectivity index (χ0v) is 11.0. The number of fused-ring (bicyclic) bond motifs is 1. The molecule has 1 saturated carbocycles. The summed E-state index contributed by atoms with van der Waals surface area (Å²) < 4.78 is 2.31. The fourth-order valence-electron chi connectivity index (χ4n) is 2.48. The standard InChI is InChI=1S/C14H17ClN2/c1-9-7-11(9)8-17-13-6-4-3-5-12(13)16-14(17)10(2)15/h3-6,9-11H,7-8H2,1-2H3. The van der Waals surface area contributed by atoms with Crippen molar-refractivity contribution in [2.75, 3.05) is 0 Å². The summed E-state index contributed by atoms with van der Waals surface area (Å²) >= 11 is 6.24. The maximum Gasteiger partial charge on any atom is 0.127 e. The van der Waals surface area contributed by atoms with Gasteiger partial charge in [-0.3, -0.25) is 0 Å². The Bertz CT molecular complexity index is 544. The zero-order valence-electron chi connectivity index (χ0n) is 10.2. The van der Waals surface area contributed by atoms with Crippen LogP contribution in [0, 0.1) is 11.8 Å². The summed E-state index contributed by atoms with van der Waals surface area (Å²) in [5.41, 5.74) is 2.28. The van der Waals surface area contributed by atoms with Crippen LogP contribution in [0.2, 0.25) is 0 Å². The first kappa shape index (κ1) is 11.1. The van der Waals surface area contributed by atoms with E-state index in [0.717, 1.165) is 29.7 Å². The van der Waals surface area contributed by atoms with Crippen LogP contribution in [0.3, 0.4) is 0 Å². The highest BCUT2D eigenvalue weighted by atomic mass is 35.5. The van der Waals surface area contributed by atoms with Crippen LogP contribution in [0.15, 0.2) is 24.3 Å². The largest absolute Gasteiger partial charge is 0.326 e. The Morgan fingerprint density at radius 2 is 2.18 bits per heavy atom. The van der Waals surface area contributed by atoms with Crippen LogP contribution in [0.1, 0.15) is 31.5 Å². The highest BCUT2D eigenvalue weighted by Gasteiger charge is 2.33. The third-order valence-corrected chi connectivity index (χ3v) is 3.93. The second-order valence-corrected chi connectivity index (χ2v) is 5.81. The van der Waals surface area contributed by atoms with Crippen molar-refractivity contribution in [3.05, 3.63) is 30.1 Å². The van der Waals surface area contributed by atoms with Crippen LogP contribution >= 0.6 is 11.6 Å². The highest BCUT2D eigenvalue weighted by molar-refractivity contribution is 6.20. The smallest absolute Gasteiger partial charge is 0.127 e. The number of benzene rings is 1. The minimum Gasteiger partial charge on any atom is -0.326 e. The molecule has 1 heterocycles. The molecule has 0 N–H and O–H groups in total. The second-order valence-electron chi connectivity index (χ2n) is 5.16. The summed E-state index contributed by atoms with van der Waals surface area (Å²) in [5.74, 6) is 2.67. The van der Waals surface area contributed by atoms with Crippen molar-refractivity contribution < 1.29 is 0 Å². The number of aromatic nitrogens is 2. The Hall–Kier alpha value is -1.02. The first-order valence-corrected chi connectivity index (χ1v) is 6.69. The quantitative estimate of drug-likeness (QED) is 0.751. The molecule has 0 spiro atoms. The minimum atomic E-state index is -0.0311. The first-order chi connectivity index (χ1) is 8.16. The number of para-hydroxylation sites is 2. The Morgan fingerprint density at radius 1 is 1.47 bits per heavy atom. The summed E-state index contributed by atoms with van der Waals surface area (Å²) in [6.45, 7) is 5.37. The maximum atomic E-state index is 6.24. The SMILES string of the molecule is CC(Cl)c1nc2ccccc2n1CC1CC1C. The van der Waals surface area contributed by atoms with Crippen LogP contribution in [-0.2, 0) is 6.54 Å². The van der Waals surface area contributed by atoms with Gasteiger partial charge < -0.3 is 4.57 Å². The summed E-state index contributed by atoms with van der Waals surface area (Å²) in [7, 11) is 0. The van der Waals surface area contributed by atoms with Crippen LogP contribution in [0.25, 0.3) is 11.0 Å². The molecule has 0 aliphatic heterocycles. The molecule has 1 aliphatic carbocycles. The topological polar surface area (TPSA) is 17.8 Å². The van der Waals surface area contributed by atoms with E-state index < -0.39 is 0 Å². The molecule has 1 fully saturated rings. The van der Waals surface area contributed by atoms with Gasteiger partial charge in [0.25, 0.3) is 0 Å². The maximum absolute atomic E-state index is 6.24. The van der Waals surface area contributed by atoms with Gasteiger partial charge in [0.05, 0.1) is 16.4 Å². The number of rotatable bonds is 3. The van der Waals surface area contributed by atoms with Crippen LogP contribution in [0.5, 0.6) is 0 Å². The van der Waals surface area contributed by atoms with Crippen molar-refractivity contribution in [2.45, 2.75) is 32.2 Å². The number of halogens is 1. The normalized spacial score (nSPS) is 25.1. The number of nitrogens with zero attached hydrogens (tertiary/aromatic N) is 2. The van der Waals surface area contributed by atoms with E-state index in [-0.39, 0.29) is 5.38 Å². The molecule has 3 unspecified atom stereocenters. The third-order valence-electron chi connectivity index (χ3n) is 3.73. The van der Waals surface area contributed by atoms with E-state index >= 15 is 0 Å². The number of alkyl halides is 1. The molecule has 1 aliphatic rings. The predicted molar refractivity (Wildman–Crippen MR) is 71.3 cm³/mol. The van der Waals surface area contributed by atoms with Gasteiger partial charge in [0, 0.05) is 6.54 Å². The first-order valence-electron chi connectivity index (χ1n) is 6.26. The molecule has 0 radical (unpaired) electrons. The number of imidazole rings is 1. The van der Waals surface area contributed by atoms with E-state index in [0.29, 0.717) is 0 Å². The van der Waals surface area contributed by atoms with Gasteiger partial charge in [-0.2, -0.15) is 0 Å². The molecule has 0 amide bonds. The van der Waals surface area contributed by atoms with Crippen LogP contribution in [0.4, 0.5) is 0 Å². The fourth-order valence-corrected chi connectivity index (χ4v) is 2.64. The molecule has 0 saturated heterocycles. The minimum absolute atomic E-state index is 0.0311. The van der Waals surface area contributed by atoms with Crippen molar-refractivity contribution in [1.82, 2.24) is 9.55 Å². The van der Waals surface area contributed by atoms with E-state index in [4.69, 9.17) is 11.6 Å². The van der Waals surface area contributed by atoms with Gasteiger partial charge in [0.2, 0.25) is 0 Å². The van der Waals surface area contributed by atoms with Crippen LogP contribution in [-0.4, -0.2) is 9.55 Å². The number of hydrogen-bond donors (Lipinski definition) is 0. The van der Waals surface area contributed by atoms with Gasteiger partial charge in [-0.1, -0.05) is 19.1 Å². The second kappa shape index (κ2) is 4.02. The lowest BCUT2D eigenvalue weighted by Crippen LogP contribution is -2.06. The molecule has 1 aromatic carbocycles. The van der Waals surface area contributed by atoms with Crippen molar-refractivity contribution in [2.24, 2.45) is 11.8 Å². The lowest BCUT2D eigenvalue weighted by Gasteiger charge is -2.09. The summed E-state index contributed by atoms with van der Waals surface area (Å²) in [4.78, 5) is 4.65. The molecular weight excluding hydrogens is 232 g/mol. The Balaban J connectivity index is 2.07. The molecule has 1 aromatic heterocycles. The van der Waals surface area contributed by atoms with E-state index in [9.17, 15) is 0 Å². The molecule has 2 aromatic rings. The van der Waals surface area contributed by atoms with E-state index in [2.05, 4.69) is 34.7 Å². The average molecular weight is 249 g/mol. The molecule has 90 valence electrons. The average Bonchev–Trinajstić information content (AvgIpc) is 2.87. The van der Waals surface area contributed by atoms with Gasteiger partial charge in [-0.15, -0.1) is 11.6 Å². The molecule has 0 bridgehead atoms.